The lowest BCUT2D eigenvalue weighted by atomic mass is 10.1. The number of aliphatic hydroxyl groups is 1. The fraction of sp³-hybridized carbons (Fsp3) is 0.500. The van der Waals surface area contributed by atoms with E-state index in [1.54, 1.807) is 7.11 Å². The van der Waals surface area contributed by atoms with Gasteiger partial charge < -0.3 is 15.2 Å². The Morgan fingerprint density at radius 3 is 2.93 bits per heavy atom. The van der Waals surface area contributed by atoms with Gasteiger partial charge in [0.1, 0.15) is 5.75 Å². The van der Waals surface area contributed by atoms with E-state index in [-0.39, 0.29) is 12.6 Å². The van der Waals surface area contributed by atoms with E-state index in [2.05, 4.69) is 5.32 Å². The Morgan fingerprint density at radius 1 is 1.53 bits per heavy atom. The highest BCUT2D eigenvalue weighted by Crippen LogP contribution is 2.25. The molecule has 0 heterocycles. The van der Waals surface area contributed by atoms with Crippen LogP contribution in [-0.2, 0) is 0 Å². The molecule has 0 amide bonds. The summed E-state index contributed by atoms with van der Waals surface area (Å²) in [5.74, 6) is 0.837. The van der Waals surface area contributed by atoms with E-state index >= 15 is 0 Å². The van der Waals surface area contributed by atoms with Crippen LogP contribution in [0.3, 0.4) is 0 Å². The van der Waals surface area contributed by atoms with Gasteiger partial charge in [-0.1, -0.05) is 12.1 Å². The van der Waals surface area contributed by atoms with E-state index < -0.39 is 0 Å². The SMILES string of the molecule is COc1cccc(C(CO)NC2CC2)c1. The van der Waals surface area contributed by atoms with Crippen LogP contribution in [0.25, 0.3) is 0 Å². The van der Waals surface area contributed by atoms with Gasteiger partial charge >= 0.3 is 0 Å². The molecule has 82 valence electrons. The van der Waals surface area contributed by atoms with Gasteiger partial charge in [-0.05, 0) is 30.5 Å². The summed E-state index contributed by atoms with van der Waals surface area (Å²) in [6.07, 6.45) is 2.45. The van der Waals surface area contributed by atoms with Crippen LogP contribution in [-0.4, -0.2) is 24.9 Å². The van der Waals surface area contributed by atoms with Gasteiger partial charge in [-0.15, -0.1) is 0 Å². The molecule has 1 aromatic carbocycles. The molecule has 2 rings (SSSR count). The summed E-state index contributed by atoms with van der Waals surface area (Å²) in [6, 6.07) is 8.47. The van der Waals surface area contributed by atoms with Gasteiger partial charge in [0.2, 0.25) is 0 Å². The van der Waals surface area contributed by atoms with Crippen molar-refractivity contribution in [3.63, 3.8) is 0 Å². The van der Waals surface area contributed by atoms with E-state index in [0.717, 1.165) is 11.3 Å². The number of hydrogen-bond donors (Lipinski definition) is 2. The Kier molecular flexibility index (Phi) is 3.23. The smallest absolute Gasteiger partial charge is 0.119 e. The van der Waals surface area contributed by atoms with Gasteiger partial charge in [0.25, 0.3) is 0 Å². The summed E-state index contributed by atoms with van der Waals surface area (Å²) in [5, 5.41) is 12.7. The minimum atomic E-state index is 0.0348. The summed E-state index contributed by atoms with van der Waals surface area (Å²) < 4.78 is 5.16. The maximum atomic E-state index is 9.32. The summed E-state index contributed by atoms with van der Waals surface area (Å²) in [5.41, 5.74) is 1.09. The van der Waals surface area contributed by atoms with Crippen molar-refractivity contribution in [2.24, 2.45) is 0 Å². The van der Waals surface area contributed by atoms with Crippen molar-refractivity contribution in [1.29, 1.82) is 0 Å². The number of methoxy groups -OCH3 is 1. The zero-order valence-corrected chi connectivity index (χ0v) is 8.94. The second-order valence-electron chi connectivity index (χ2n) is 3.95. The monoisotopic (exact) mass is 207 g/mol. The zero-order valence-electron chi connectivity index (χ0n) is 8.94. The molecular formula is C12H17NO2. The zero-order chi connectivity index (χ0) is 10.7. The highest BCUT2D eigenvalue weighted by Gasteiger charge is 2.24. The third kappa shape index (κ3) is 2.70. The third-order valence-electron chi connectivity index (χ3n) is 2.69. The first kappa shape index (κ1) is 10.5. The Balaban J connectivity index is 2.09. The van der Waals surface area contributed by atoms with Crippen molar-refractivity contribution in [2.75, 3.05) is 13.7 Å². The number of nitrogens with one attached hydrogen (secondary N) is 1. The molecule has 0 saturated heterocycles. The van der Waals surface area contributed by atoms with Gasteiger partial charge in [-0.2, -0.15) is 0 Å². The van der Waals surface area contributed by atoms with Crippen molar-refractivity contribution in [2.45, 2.75) is 24.9 Å². The van der Waals surface area contributed by atoms with E-state index in [0.29, 0.717) is 6.04 Å². The first-order valence-electron chi connectivity index (χ1n) is 5.34. The van der Waals surface area contributed by atoms with E-state index in [1.165, 1.54) is 12.8 Å². The molecule has 0 bridgehead atoms. The molecule has 0 spiro atoms. The molecule has 15 heavy (non-hydrogen) atoms. The average molecular weight is 207 g/mol. The van der Waals surface area contributed by atoms with Crippen LogP contribution in [0.2, 0.25) is 0 Å². The van der Waals surface area contributed by atoms with Crippen LogP contribution in [0.4, 0.5) is 0 Å². The molecule has 3 nitrogen and oxygen atoms in total. The molecule has 3 heteroatoms. The standard InChI is InChI=1S/C12H17NO2/c1-15-11-4-2-3-9(7-11)12(8-14)13-10-5-6-10/h2-4,7,10,12-14H,5-6,8H2,1H3. The number of benzene rings is 1. The van der Waals surface area contributed by atoms with E-state index in [4.69, 9.17) is 4.74 Å². The second kappa shape index (κ2) is 4.64. The normalized spacial score (nSPS) is 17.5. The summed E-state index contributed by atoms with van der Waals surface area (Å²) in [6.45, 7) is 0.129. The average Bonchev–Trinajstić information content (AvgIpc) is 3.10. The first-order valence-corrected chi connectivity index (χ1v) is 5.34. The summed E-state index contributed by atoms with van der Waals surface area (Å²) in [7, 11) is 1.65. The number of aliphatic hydroxyl groups excluding tert-OH is 1. The first-order chi connectivity index (χ1) is 7.33. The molecule has 0 radical (unpaired) electrons. The minimum Gasteiger partial charge on any atom is -0.497 e. The maximum absolute atomic E-state index is 9.32. The molecule has 1 fully saturated rings. The lowest BCUT2D eigenvalue weighted by Gasteiger charge is -2.16. The maximum Gasteiger partial charge on any atom is 0.119 e. The lowest BCUT2D eigenvalue weighted by molar-refractivity contribution is 0.243. The molecule has 1 aliphatic rings. The highest BCUT2D eigenvalue weighted by atomic mass is 16.5. The Bertz CT molecular complexity index is 323. The third-order valence-corrected chi connectivity index (χ3v) is 2.69. The van der Waals surface area contributed by atoms with Crippen molar-refractivity contribution in [1.82, 2.24) is 5.32 Å². The molecule has 1 atom stereocenters. The van der Waals surface area contributed by atoms with Crippen LogP contribution < -0.4 is 10.1 Å². The van der Waals surface area contributed by atoms with Crippen molar-refractivity contribution < 1.29 is 9.84 Å². The predicted molar refractivity (Wildman–Crippen MR) is 59.0 cm³/mol. The predicted octanol–water partition coefficient (Wildman–Crippen LogP) is 1.48. The van der Waals surface area contributed by atoms with E-state index in [9.17, 15) is 5.11 Å². The fourth-order valence-corrected chi connectivity index (χ4v) is 1.65. The van der Waals surface area contributed by atoms with Crippen LogP contribution >= 0.6 is 0 Å². The van der Waals surface area contributed by atoms with Gasteiger partial charge in [-0.3, -0.25) is 0 Å². The van der Waals surface area contributed by atoms with Gasteiger partial charge in [-0.25, -0.2) is 0 Å². The Morgan fingerprint density at radius 2 is 2.33 bits per heavy atom. The molecule has 0 aromatic heterocycles. The van der Waals surface area contributed by atoms with Crippen molar-refractivity contribution in [3.05, 3.63) is 29.8 Å². The van der Waals surface area contributed by atoms with Gasteiger partial charge in [0, 0.05) is 6.04 Å². The van der Waals surface area contributed by atoms with Gasteiger partial charge in [0.15, 0.2) is 0 Å². The Labute approximate surface area is 90.1 Å². The molecule has 1 aromatic rings. The van der Waals surface area contributed by atoms with Crippen LogP contribution in [0, 0.1) is 0 Å². The quantitative estimate of drug-likeness (QED) is 0.768. The number of hydrogen-bond acceptors (Lipinski definition) is 3. The van der Waals surface area contributed by atoms with Crippen molar-refractivity contribution >= 4 is 0 Å². The Hall–Kier alpha value is -1.06. The number of rotatable bonds is 5. The van der Waals surface area contributed by atoms with Crippen LogP contribution in [0.1, 0.15) is 24.4 Å². The highest BCUT2D eigenvalue weighted by molar-refractivity contribution is 5.30. The van der Waals surface area contributed by atoms with E-state index in [1.807, 2.05) is 24.3 Å². The van der Waals surface area contributed by atoms with Crippen LogP contribution in [0.15, 0.2) is 24.3 Å². The molecule has 1 aliphatic carbocycles. The van der Waals surface area contributed by atoms with Crippen molar-refractivity contribution in [3.8, 4) is 5.75 Å². The lowest BCUT2D eigenvalue weighted by Crippen LogP contribution is -2.26. The molecule has 1 saturated carbocycles. The molecular weight excluding hydrogens is 190 g/mol. The fourth-order valence-electron chi connectivity index (χ4n) is 1.65. The molecule has 2 N–H and O–H groups in total. The minimum absolute atomic E-state index is 0.0348. The molecule has 1 unspecified atom stereocenters. The summed E-state index contributed by atoms with van der Waals surface area (Å²) in [4.78, 5) is 0. The second-order valence-corrected chi connectivity index (χ2v) is 3.95. The van der Waals surface area contributed by atoms with Crippen LogP contribution in [0.5, 0.6) is 5.75 Å². The van der Waals surface area contributed by atoms with Gasteiger partial charge in [0.05, 0.1) is 19.8 Å². The number of ether oxygens (including phenoxy) is 1. The largest absolute Gasteiger partial charge is 0.497 e. The topological polar surface area (TPSA) is 41.5 Å². The molecule has 0 aliphatic heterocycles. The summed E-state index contributed by atoms with van der Waals surface area (Å²) >= 11 is 0.